The third-order valence-corrected chi connectivity index (χ3v) is 2.26. The zero-order chi connectivity index (χ0) is 13.1. The van der Waals surface area contributed by atoms with E-state index >= 15 is 0 Å². The number of ether oxygens (including phenoxy) is 2. The molecule has 1 rings (SSSR count). The fraction of sp³-hybridized carbons (Fsp3) is 0.667. The van der Waals surface area contributed by atoms with E-state index in [-0.39, 0.29) is 11.5 Å². The monoisotopic (exact) mass is 258 g/mol. The van der Waals surface area contributed by atoms with Crippen molar-refractivity contribution in [2.45, 2.75) is 39.2 Å². The lowest BCUT2D eigenvalue weighted by atomic mass is 9.96. The van der Waals surface area contributed by atoms with Crippen LogP contribution in [0.5, 0.6) is 5.88 Å². The van der Waals surface area contributed by atoms with Gasteiger partial charge in [-0.3, -0.25) is 0 Å². The van der Waals surface area contributed by atoms with Crippen molar-refractivity contribution in [3.63, 3.8) is 0 Å². The van der Waals surface area contributed by atoms with E-state index < -0.39 is 0 Å². The van der Waals surface area contributed by atoms with Crippen LogP contribution in [0.3, 0.4) is 0 Å². The van der Waals surface area contributed by atoms with Gasteiger partial charge < -0.3 is 9.47 Å². The number of hydrogen-bond acceptors (Lipinski definition) is 4. The second-order valence-corrected chi connectivity index (χ2v) is 5.37. The first-order chi connectivity index (χ1) is 7.82. The van der Waals surface area contributed by atoms with Gasteiger partial charge in [-0.1, -0.05) is 32.4 Å². The Morgan fingerprint density at radius 3 is 2.53 bits per heavy atom. The number of halogens is 1. The van der Waals surface area contributed by atoms with Crippen LogP contribution in [0, 0.1) is 0 Å². The third kappa shape index (κ3) is 4.48. The first-order valence-corrected chi connectivity index (χ1v) is 5.91. The highest BCUT2D eigenvalue weighted by atomic mass is 35.5. The zero-order valence-electron chi connectivity index (χ0n) is 11.0. The summed E-state index contributed by atoms with van der Waals surface area (Å²) in [5.74, 6) is 1.16. The smallest absolute Gasteiger partial charge is 0.218 e. The van der Waals surface area contributed by atoms with Crippen LogP contribution in [0.15, 0.2) is 6.07 Å². The molecule has 4 nitrogen and oxygen atoms in total. The van der Waals surface area contributed by atoms with Crippen molar-refractivity contribution in [2.75, 3.05) is 13.7 Å². The van der Waals surface area contributed by atoms with E-state index in [1.165, 1.54) is 0 Å². The van der Waals surface area contributed by atoms with Crippen molar-refractivity contribution in [1.82, 2.24) is 9.97 Å². The maximum absolute atomic E-state index is 5.95. The van der Waals surface area contributed by atoms with E-state index in [1.807, 2.05) is 27.7 Å². The van der Waals surface area contributed by atoms with Crippen LogP contribution in [0.4, 0.5) is 0 Å². The lowest BCUT2D eigenvalue weighted by Gasteiger charge is -2.19. The first-order valence-electron chi connectivity index (χ1n) is 5.53. The fourth-order valence-electron chi connectivity index (χ4n) is 1.27. The molecule has 1 unspecified atom stereocenters. The summed E-state index contributed by atoms with van der Waals surface area (Å²) in [6.07, 6.45) is -0.0706. The van der Waals surface area contributed by atoms with Crippen LogP contribution in [0.25, 0.3) is 0 Å². The summed E-state index contributed by atoms with van der Waals surface area (Å²) in [4.78, 5) is 8.56. The molecule has 17 heavy (non-hydrogen) atoms. The number of hydrogen-bond donors (Lipinski definition) is 0. The molecule has 0 aliphatic heterocycles. The Bertz CT molecular complexity index is 377. The molecule has 1 heterocycles. The summed E-state index contributed by atoms with van der Waals surface area (Å²) < 4.78 is 10.6. The van der Waals surface area contributed by atoms with Gasteiger partial charge in [-0.2, -0.15) is 4.98 Å². The molecule has 0 bridgehead atoms. The molecule has 0 amide bonds. The Labute approximate surface area is 107 Å². The number of methoxy groups -OCH3 is 1. The van der Waals surface area contributed by atoms with Crippen molar-refractivity contribution >= 4 is 11.6 Å². The number of nitrogens with zero attached hydrogens (tertiary/aromatic N) is 2. The largest absolute Gasteiger partial charge is 0.472 e. The topological polar surface area (TPSA) is 44.2 Å². The summed E-state index contributed by atoms with van der Waals surface area (Å²) in [6, 6.07) is 1.61. The summed E-state index contributed by atoms with van der Waals surface area (Å²) in [5.41, 5.74) is -0.159. The van der Waals surface area contributed by atoms with E-state index in [2.05, 4.69) is 9.97 Å². The Morgan fingerprint density at radius 1 is 1.35 bits per heavy atom. The minimum absolute atomic E-state index is 0.0706. The third-order valence-electron chi connectivity index (χ3n) is 2.07. The molecule has 0 aliphatic rings. The molecule has 0 saturated carbocycles. The second-order valence-electron chi connectivity index (χ2n) is 4.99. The fourth-order valence-corrected chi connectivity index (χ4v) is 1.44. The molecule has 1 aromatic heterocycles. The quantitative estimate of drug-likeness (QED) is 0.779. The molecule has 0 fully saturated rings. The predicted octanol–water partition coefficient (Wildman–Crippen LogP) is 2.84. The molecule has 0 spiro atoms. The van der Waals surface area contributed by atoms with E-state index in [0.29, 0.717) is 23.5 Å². The van der Waals surface area contributed by atoms with E-state index in [4.69, 9.17) is 21.1 Å². The Hall–Kier alpha value is -0.870. The molecule has 96 valence electrons. The maximum atomic E-state index is 5.95. The molecule has 0 radical (unpaired) electrons. The molecule has 0 N–H and O–H groups in total. The van der Waals surface area contributed by atoms with Gasteiger partial charge in [0.2, 0.25) is 5.88 Å². The Balaban J connectivity index is 2.90. The number of aromatic nitrogens is 2. The molecule has 1 aromatic rings. The summed E-state index contributed by atoms with van der Waals surface area (Å²) in [7, 11) is 1.63. The van der Waals surface area contributed by atoms with Gasteiger partial charge >= 0.3 is 0 Å². The standard InChI is InChI=1S/C12H19ClN2O2/c1-8(7-16-5)17-10-6-9(13)14-11(15-10)12(2,3)4/h6,8H,7H2,1-5H3. The SMILES string of the molecule is COCC(C)Oc1cc(Cl)nc(C(C)(C)C)n1. The van der Waals surface area contributed by atoms with Gasteiger partial charge in [-0.25, -0.2) is 4.98 Å². The molecule has 0 aliphatic carbocycles. The molecular weight excluding hydrogens is 240 g/mol. The highest BCUT2D eigenvalue weighted by Crippen LogP contribution is 2.23. The van der Waals surface area contributed by atoms with Crippen LogP contribution < -0.4 is 4.74 Å². The van der Waals surface area contributed by atoms with Gasteiger partial charge in [0, 0.05) is 18.6 Å². The zero-order valence-corrected chi connectivity index (χ0v) is 11.7. The lowest BCUT2D eigenvalue weighted by molar-refractivity contribution is 0.0885. The summed E-state index contributed by atoms with van der Waals surface area (Å²) in [5, 5.41) is 0.393. The van der Waals surface area contributed by atoms with Crippen molar-refractivity contribution < 1.29 is 9.47 Å². The van der Waals surface area contributed by atoms with Crippen molar-refractivity contribution in [3.05, 3.63) is 17.0 Å². The van der Waals surface area contributed by atoms with Gasteiger partial charge in [0.15, 0.2) is 0 Å². The minimum Gasteiger partial charge on any atom is -0.472 e. The predicted molar refractivity (Wildman–Crippen MR) is 67.7 cm³/mol. The highest BCUT2D eigenvalue weighted by Gasteiger charge is 2.19. The summed E-state index contributed by atoms with van der Waals surface area (Å²) >= 11 is 5.95. The van der Waals surface area contributed by atoms with Crippen molar-refractivity contribution in [1.29, 1.82) is 0 Å². The normalized spacial score (nSPS) is 13.5. The second kappa shape index (κ2) is 5.65. The van der Waals surface area contributed by atoms with Gasteiger partial charge in [-0.15, -0.1) is 0 Å². The van der Waals surface area contributed by atoms with Crippen LogP contribution >= 0.6 is 11.6 Å². The molecule has 0 aromatic carbocycles. The average molecular weight is 259 g/mol. The van der Waals surface area contributed by atoms with E-state index in [9.17, 15) is 0 Å². The van der Waals surface area contributed by atoms with E-state index in [0.717, 1.165) is 0 Å². The average Bonchev–Trinajstić information content (AvgIpc) is 2.15. The minimum atomic E-state index is -0.159. The maximum Gasteiger partial charge on any atom is 0.218 e. The van der Waals surface area contributed by atoms with Crippen LogP contribution in [0.1, 0.15) is 33.5 Å². The van der Waals surface area contributed by atoms with Crippen molar-refractivity contribution in [2.24, 2.45) is 0 Å². The van der Waals surface area contributed by atoms with Gasteiger partial charge in [0.25, 0.3) is 0 Å². The molecule has 5 heteroatoms. The van der Waals surface area contributed by atoms with Crippen molar-refractivity contribution in [3.8, 4) is 5.88 Å². The molecule has 0 saturated heterocycles. The Kier molecular flexibility index (Phi) is 4.71. The van der Waals surface area contributed by atoms with Crippen LogP contribution in [-0.2, 0) is 10.2 Å². The summed E-state index contributed by atoms with van der Waals surface area (Å²) in [6.45, 7) is 8.51. The first kappa shape index (κ1) is 14.2. The van der Waals surface area contributed by atoms with Gasteiger partial charge in [0.1, 0.15) is 17.1 Å². The number of rotatable bonds is 4. The lowest BCUT2D eigenvalue weighted by Crippen LogP contribution is -2.21. The van der Waals surface area contributed by atoms with Gasteiger partial charge in [-0.05, 0) is 6.92 Å². The van der Waals surface area contributed by atoms with Gasteiger partial charge in [0.05, 0.1) is 6.61 Å². The van der Waals surface area contributed by atoms with Crippen LogP contribution in [0.2, 0.25) is 5.15 Å². The van der Waals surface area contributed by atoms with Crippen LogP contribution in [-0.4, -0.2) is 29.8 Å². The van der Waals surface area contributed by atoms with E-state index in [1.54, 1.807) is 13.2 Å². The molecular formula is C12H19ClN2O2. The molecule has 1 atom stereocenters. The highest BCUT2D eigenvalue weighted by molar-refractivity contribution is 6.29. The Morgan fingerprint density at radius 2 is 2.00 bits per heavy atom.